The summed E-state index contributed by atoms with van der Waals surface area (Å²) < 4.78 is 27.3. The maximum absolute atomic E-state index is 12.4. The van der Waals surface area contributed by atoms with Gasteiger partial charge in [0.05, 0.1) is 4.90 Å². The van der Waals surface area contributed by atoms with Crippen molar-refractivity contribution in [2.45, 2.75) is 11.8 Å². The molecule has 6 heteroatoms. The van der Waals surface area contributed by atoms with E-state index in [1.165, 1.54) is 18.2 Å². The van der Waals surface area contributed by atoms with Crippen LogP contribution in [-0.4, -0.2) is 14.3 Å². The van der Waals surface area contributed by atoms with Crippen molar-refractivity contribution in [3.05, 3.63) is 96.1 Å². The van der Waals surface area contributed by atoms with Crippen molar-refractivity contribution in [1.82, 2.24) is 0 Å². The third-order valence-electron chi connectivity index (χ3n) is 3.96. The van der Waals surface area contributed by atoms with E-state index in [-0.39, 0.29) is 10.8 Å². The van der Waals surface area contributed by atoms with Gasteiger partial charge in [0.1, 0.15) is 0 Å². The topological polar surface area (TPSA) is 75.3 Å². The number of rotatable bonds is 6. The summed E-state index contributed by atoms with van der Waals surface area (Å²) in [6.07, 6.45) is 3.16. The van der Waals surface area contributed by atoms with Crippen LogP contribution in [0.15, 0.2) is 89.8 Å². The van der Waals surface area contributed by atoms with E-state index in [0.29, 0.717) is 11.4 Å². The third kappa shape index (κ3) is 5.31. The maximum Gasteiger partial charge on any atom is 0.261 e. The highest BCUT2D eigenvalue weighted by molar-refractivity contribution is 7.92. The fraction of sp³-hybridized carbons (Fsp3) is 0.0455. The molecule has 0 unspecified atom stereocenters. The number of amides is 1. The Bertz CT molecular complexity index is 1070. The standard InChI is InChI=1S/C22H20N2O3S/c1-17-7-9-18(10-8-17)11-16-22(25)23-19-12-14-21(15-13-19)28(26,27)24-20-5-3-2-4-6-20/h2-16,24H,1H3,(H,23,25)/b16-11+. The molecule has 0 saturated heterocycles. The van der Waals surface area contributed by atoms with E-state index in [2.05, 4.69) is 10.0 Å². The lowest BCUT2D eigenvalue weighted by atomic mass is 10.1. The lowest BCUT2D eigenvalue weighted by Crippen LogP contribution is -2.13. The van der Waals surface area contributed by atoms with Gasteiger partial charge in [0.15, 0.2) is 0 Å². The first-order valence-corrected chi connectivity index (χ1v) is 10.1. The summed E-state index contributed by atoms with van der Waals surface area (Å²) in [4.78, 5) is 12.2. The van der Waals surface area contributed by atoms with Crippen molar-refractivity contribution in [1.29, 1.82) is 0 Å². The molecule has 0 saturated carbocycles. The fourth-order valence-corrected chi connectivity index (χ4v) is 3.53. The molecule has 5 nitrogen and oxygen atoms in total. The summed E-state index contributed by atoms with van der Waals surface area (Å²) in [6.45, 7) is 2.00. The monoisotopic (exact) mass is 392 g/mol. The molecule has 0 fully saturated rings. The van der Waals surface area contributed by atoms with Crippen LogP contribution in [0.5, 0.6) is 0 Å². The summed E-state index contributed by atoms with van der Waals surface area (Å²) in [7, 11) is -3.69. The van der Waals surface area contributed by atoms with Crippen LogP contribution in [0.4, 0.5) is 11.4 Å². The normalized spacial score (nSPS) is 11.3. The van der Waals surface area contributed by atoms with E-state index >= 15 is 0 Å². The van der Waals surface area contributed by atoms with Gasteiger partial charge in [-0.1, -0.05) is 48.0 Å². The molecule has 2 N–H and O–H groups in total. The summed E-state index contributed by atoms with van der Waals surface area (Å²) >= 11 is 0. The predicted molar refractivity (Wildman–Crippen MR) is 113 cm³/mol. The van der Waals surface area contributed by atoms with Crippen molar-refractivity contribution < 1.29 is 13.2 Å². The molecule has 3 aromatic carbocycles. The maximum atomic E-state index is 12.4. The van der Waals surface area contributed by atoms with Gasteiger partial charge in [0.2, 0.25) is 5.91 Å². The van der Waals surface area contributed by atoms with Crippen LogP contribution in [-0.2, 0) is 14.8 Å². The van der Waals surface area contributed by atoms with Gasteiger partial charge in [0, 0.05) is 17.5 Å². The van der Waals surface area contributed by atoms with Gasteiger partial charge in [-0.05, 0) is 55.0 Å². The molecule has 0 heterocycles. The Kier molecular flexibility index (Phi) is 5.91. The second-order valence-corrected chi connectivity index (χ2v) is 7.91. The zero-order valence-corrected chi connectivity index (χ0v) is 16.1. The van der Waals surface area contributed by atoms with Crippen LogP contribution in [0, 0.1) is 6.92 Å². The van der Waals surface area contributed by atoms with Gasteiger partial charge >= 0.3 is 0 Å². The van der Waals surface area contributed by atoms with E-state index in [1.807, 2.05) is 37.3 Å². The molecular formula is C22H20N2O3S. The first-order chi connectivity index (χ1) is 13.4. The molecular weight excluding hydrogens is 372 g/mol. The van der Waals surface area contributed by atoms with Crippen LogP contribution < -0.4 is 10.0 Å². The highest BCUT2D eigenvalue weighted by atomic mass is 32.2. The van der Waals surface area contributed by atoms with E-state index in [0.717, 1.165) is 11.1 Å². The van der Waals surface area contributed by atoms with Gasteiger partial charge in [-0.2, -0.15) is 0 Å². The summed E-state index contributed by atoms with van der Waals surface area (Å²) in [5.41, 5.74) is 3.07. The second-order valence-electron chi connectivity index (χ2n) is 6.23. The van der Waals surface area contributed by atoms with E-state index < -0.39 is 10.0 Å². The van der Waals surface area contributed by atoms with Crippen molar-refractivity contribution in [2.75, 3.05) is 10.0 Å². The van der Waals surface area contributed by atoms with Crippen molar-refractivity contribution in [3.8, 4) is 0 Å². The average Bonchev–Trinajstić information content (AvgIpc) is 2.68. The summed E-state index contributed by atoms with van der Waals surface area (Å²) in [5.74, 6) is -0.293. The molecule has 0 radical (unpaired) electrons. The highest BCUT2D eigenvalue weighted by Gasteiger charge is 2.14. The van der Waals surface area contributed by atoms with E-state index in [4.69, 9.17) is 0 Å². The lowest BCUT2D eigenvalue weighted by Gasteiger charge is -2.09. The van der Waals surface area contributed by atoms with Gasteiger partial charge in [0.25, 0.3) is 10.0 Å². The SMILES string of the molecule is Cc1ccc(/C=C/C(=O)Nc2ccc(S(=O)(=O)Nc3ccccc3)cc2)cc1. The molecule has 28 heavy (non-hydrogen) atoms. The van der Waals surface area contributed by atoms with Crippen LogP contribution >= 0.6 is 0 Å². The Morgan fingerprint density at radius 3 is 2.11 bits per heavy atom. The number of aryl methyl sites for hydroxylation is 1. The summed E-state index contributed by atoms with van der Waals surface area (Å²) in [6, 6.07) is 22.5. The number of hydrogen-bond acceptors (Lipinski definition) is 3. The molecule has 0 aromatic heterocycles. The third-order valence-corrected chi connectivity index (χ3v) is 5.36. The van der Waals surface area contributed by atoms with Gasteiger partial charge in [-0.25, -0.2) is 8.42 Å². The highest BCUT2D eigenvalue weighted by Crippen LogP contribution is 2.18. The largest absolute Gasteiger partial charge is 0.323 e. The molecule has 0 atom stereocenters. The van der Waals surface area contributed by atoms with Crippen molar-refractivity contribution in [2.24, 2.45) is 0 Å². The number of carbonyl (C=O) groups is 1. The van der Waals surface area contributed by atoms with Crippen LogP contribution in [0.25, 0.3) is 6.08 Å². The number of sulfonamides is 1. The minimum absolute atomic E-state index is 0.115. The quantitative estimate of drug-likeness (QED) is 0.609. The Morgan fingerprint density at radius 1 is 0.821 bits per heavy atom. The van der Waals surface area contributed by atoms with E-state index in [9.17, 15) is 13.2 Å². The summed E-state index contributed by atoms with van der Waals surface area (Å²) in [5, 5.41) is 2.71. The average molecular weight is 392 g/mol. The predicted octanol–water partition coefficient (Wildman–Crippen LogP) is 4.45. The smallest absolute Gasteiger partial charge is 0.261 e. The number of carbonyl (C=O) groups excluding carboxylic acids is 1. The van der Waals surface area contributed by atoms with Crippen molar-refractivity contribution >= 4 is 33.4 Å². The van der Waals surface area contributed by atoms with Gasteiger partial charge in [-0.15, -0.1) is 0 Å². The zero-order chi connectivity index (χ0) is 20.0. The molecule has 0 aliphatic rings. The number of hydrogen-bond donors (Lipinski definition) is 2. The fourth-order valence-electron chi connectivity index (χ4n) is 2.47. The Hall–Kier alpha value is -3.38. The van der Waals surface area contributed by atoms with Crippen LogP contribution in [0.3, 0.4) is 0 Å². The molecule has 142 valence electrons. The minimum atomic E-state index is -3.69. The number of para-hydroxylation sites is 1. The van der Waals surface area contributed by atoms with Crippen LogP contribution in [0.2, 0.25) is 0 Å². The Balaban J connectivity index is 1.63. The molecule has 0 bridgehead atoms. The first kappa shape index (κ1) is 19.4. The Morgan fingerprint density at radius 2 is 1.46 bits per heavy atom. The van der Waals surface area contributed by atoms with Crippen molar-refractivity contribution in [3.63, 3.8) is 0 Å². The first-order valence-electron chi connectivity index (χ1n) is 8.66. The molecule has 3 aromatic rings. The van der Waals surface area contributed by atoms with Crippen LogP contribution in [0.1, 0.15) is 11.1 Å². The lowest BCUT2D eigenvalue weighted by molar-refractivity contribution is -0.111. The molecule has 0 aliphatic carbocycles. The van der Waals surface area contributed by atoms with Gasteiger partial charge in [-0.3, -0.25) is 9.52 Å². The molecule has 3 rings (SSSR count). The number of nitrogens with one attached hydrogen (secondary N) is 2. The molecule has 1 amide bonds. The number of benzene rings is 3. The second kappa shape index (κ2) is 8.54. The number of anilines is 2. The molecule has 0 spiro atoms. The van der Waals surface area contributed by atoms with Gasteiger partial charge < -0.3 is 5.32 Å². The zero-order valence-electron chi connectivity index (χ0n) is 15.3. The Labute approximate surface area is 164 Å². The minimum Gasteiger partial charge on any atom is -0.323 e. The molecule has 0 aliphatic heterocycles. The van der Waals surface area contributed by atoms with E-state index in [1.54, 1.807) is 42.5 Å².